The maximum Gasteiger partial charge on any atom is 0.267 e. The average molecular weight is 655 g/mol. The highest BCUT2D eigenvalue weighted by Crippen LogP contribution is 2.38. The number of ether oxygens (including phenoxy) is 2. The summed E-state index contributed by atoms with van der Waals surface area (Å²) in [6.45, 7) is 4.75. The van der Waals surface area contributed by atoms with Crippen LogP contribution in [0.25, 0.3) is 11.1 Å². The lowest BCUT2D eigenvalue weighted by molar-refractivity contribution is 0.102. The van der Waals surface area contributed by atoms with E-state index in [0.717, 1.165) is 11.3 Å². The quantitative estimate of drug-likeness (QED) is 0.214. The van der Waals surface area contributed by atoms with E-state index in [1.165, 1.54) is 40.3 Å². The van der Waals surface area contributed by atoms with Gasteiger partial charge in [-0.15, -0.1) is 11.3 Å². The van der Waals surface area contributed by atoms with E-state index in [1.54, 1.807) is 38.1 Å². The van der Waals surface area contributed by atoms with Gasteiger partial charge < -0.3 is 19.3 Å². The van der Waals surface area contributed by atoms with Crippen LogP contribution in [-0.4, -0.2) is 49.2 Å². The zero-order valence-corrected chi connectivity index (χ0v) is 26.5. The maximum absolute atomic E-state index is 13.6. The van der Waals surface area contributed by atoms with E-state index in [0.29, 0.717) is 33.1 Å². The Kier molecular flexibility index (Phi) is 8.89. The third kappa shape index (κ3) is 5.96. The number of benzene rings is 2. The van der Waals surface area contributed by atoms with Crippen LogP contribution in [0.4, 0.5) is 11.6 Å². The van der Waals surface area contributed by atoms with Gasteiger partial charge >= 0.3 is 0 Å². The molecule has 0 unspecified atom stereocenters. The van der Waals surface area contributed by atoms with E-state index >= 15 is 0 Å². The lowest BCUT2D eigenvalue weighted by Gasteiger charge is -2.15. The van der Waals surface area contributed by atoms with E-state index in [4.69, 9.17) is 25.6 Å². The van der Waals surface area contributed by atoms with Gasteiger partial charge in [0.25, 0.3) is 21.8 Å². The van der Waals surface area contributed by atoms with Crippen molar-refractivity contribution in [1.82, 2.24) is 9.88 Å². The van der Waals surface area contributed by atoms with Crippen LogP contribution in [0.5, 0.6) is 11.5 Å². The second-order valence-corrected chi connectivity index (χ2v) is 14.0. The molecule has 0 spiro atoms. The van der Waals surface area contributed by atoms with Gasteiger partial charge in [0, 0.05) is 16.5 Å². The first-order valence-electron chi connectivity index (χ1n) is 12.1. The molecule has 4 rings (SSSR count). The summed E-state index contributed by atoms with van der Waals surface area (Å²) < 4.78 is 73.1. The maximum atomic E-state index is 13.6. The number of nitrogens with zero attached hydrogens (tertiary/aromatic N) is 1. The number of rotatable bonds is 10. The molecule has 0 radical (unpaired) electrons. The predicted molar refractivity (Wildman–Crippen MR) is 160 cm³/mol. The summed E-state index contributed by atoms with van der Waals surface area (Å²) in [5, 5.41) is 6.19. The number of aryl methyl sites for hydroxylation is 2. The number of thiophene rings is 1. The largest absolute Gasteiger partial charge is 0.497 e. The number of methoxy groups -OCH3 is 2. The van der Waals surface area contributed by atoms with Crippen molar-refractivity contribution in [2.24, 2.45) is 0 Å². The van der Waals surface area contributed by atoms with Crippen LogP contribution in [0.15, 0.2) is 50.7 Å². The number of amides is 1. The van der Waals surface area contributed by atoms with Gasteiger partial charge in [0.05, 0.1) is 19.9 Å². The Hall–Kier alpha value is -3.63. The molecular weight excluding hydrogens is 628 g/mol. The molecule has 42 heavy (non-hydrogen) atoms. The molecule has 2 heterocycles. The second-order valence-electron chi connectivity index (χ2n) is 8.90. The van der Waals surface area contributed by atoms with E-state index < -0.39 is 26.0 Å². The molecule has 0 aliphatic rings. The van der Waals surface area contributed by atoms with Crippen molar-refractivity contribution in [3.05, 3.63) is 62.4 Å². The van der Waals surface area contributed by atoms with Crippen LogP contribution < -0.4 is 24.2 Å². The highest BCUT2D eigenvalue weighted by atomic mass is 35.5. The van der Waals surface area contributed by atoms with Crippen molar-refractivity contribution in [3.63, 3.8) is 0 Å². The minimum atomic E-state index is -4.37. The van der Waals surface area contributed by atoms with E-state index in [2.05, 4.69) is 19.9 Å². The molecule has 0 atom stereocenters. The first-order valence-corrected chi connectivity index (χ1v) is 16.3. The molecule has 0 aliphatic heterocycles. The predicted octanol–water partition coefficient (Wildman–Crippen LogP) is 4.96. The third-order valence-electron chi connectivity index (χ3n) is 6.33. The van der Waals surface area contributed by atoms with Gasteiger partial charge in [-0.1, -0.05) is 22.8 Å². The zero-order chi connectivity index (χ0) is 31.0. The van der Waals surface area contributed by atoms with Crippen molar-refractivity contribution >= 4 is 60.5 Å². The number of nitrogens with one attached hydrogen (secondary N) is 3. The standard InChI is InChI=1S/C26H27ClN4O8S3/c1-13-15(3)40-23(24(13)42(35,36)31-26-22(27)14(2)30-39-26)25(32)29-19-10-7-16(11-21(19)41(33,34)28-4)18-9-8-17(37-5)12-20(18)38-6/h7-12,28,31H,1-6H3,(H,29,32). The molecule has 3 N–H and O–H groups in total. The monoisotopic (exact) mass is 654 g/mol. The summed E-state index contributed by atoms with van der Waals surface area (Å²) in [4.78, 5) is 13.4. The Labute approximate surface area is 252 Å². The van der Waals surface area contributed by atoms with Crippen LogP contribution in [0.2, 0.25) is 5.02 Å². The Bertz CT molecular complexity index is 1900. The highest BCUT2D eigenvalue weighted by molar-refractivity contribution is 7.93. The SMILES string of the molecule is CNS(=O)(=O)c1cc(-c2ccc(OC)cc2OC)ccc1NC(=O)c1sc(C)c(C)c1S(=O)(=O)Nc1onc(C)c1Cl. The van der Waals surface area contributed by atoms with Gasteiger partial charge in [-0.3, -0.25) is 4.79 Å². The van der Waals surface area contributed by atoms with Crippen LogP contribution in [0.3, 0.4) is 0 Å². The Balaban J connectivity index is 1.77. The number of hydrogen-bond donors (Lipinski definition) is 3. The van der Waals surface area contributed by atoms with Crippen LogP contribution in [0.1, 0.15) is 25.8 Å². The molecule has 0 bridgehead atoms. The van der Waals surface area contributed by atoms with Crippen molar-refractivity contribution in [2.75, 3.05) is 31.3 Å². The molecule has 0 aliphatic carbocycles. The summed E-state index contributed by atoms with van der Waals surface area (Å²) in [7, 11) is -4.25. The molecule has 0 saturated heterocycles. The lowest BCUT2D eigenvalue weighted by Crippen LogP contribution is -2.23. The highest BCUT2D eigenvalue weighted by Gasteiger charge is 2.32. The first kappa shape index (κ1) is 31.3. The molecule has 12 nitrogen and oxygen atoms in total. The van der Waals surface area contributed by atoms with Gasteiger partial charge in [-0.25, -0.2) is 26.3 Å². The van der Waals surface area contributed by atoms with Gasteiger partial charge in [0.15, 0.2) is 0 Å². The van der Waals surface area contributed by atoms with Gasteiger partial charge in [-0.05, 0) is 63.2 Å². The molecule has 2 aromatic carbocycles. The van der Waals surface area contributed by atoms with Crippen molar-refractivity contribution in [1.29, 1.82) is 0 Å². The van der Waals surface area contributed by atoms with Gasteiger partial charge in [0.1, 0.15) is 36.9 Å². The fraction of sp³-hybridized carbons (Fsp3) is 0.231. The minimum absolute atomic E-state index is 0.0234. The van der Waals surface area contributed by atoms with E-state index in [1.807, 2.05) is 0 Å². The smallest absolute Gasteiger partial charge is 0.267 e. The van der Waals surface area contributed by atoms with E-state index in [-0.39, 0.29) is 37.0 Å². The van der Waals surface area contributed by atoms with Gasteiger partial charge in [0.2, 0.25) is 10.0 Å². The molecule has 224 valence electrons. The fourth-order valence-corrected chi connectivity index (χ4v) is 7.95. The topological polar surface area (TPSA) is 166 Å². The number of anilines is 2. The summed E-state index contributed by atoms with van der Waals surface area (Å²) >= 11 is 7.02. The van der Waals surface area contributed by atoms with Crippen molar-refractivity contribution in [3.8, 4) is 22.6 Å². The fourth-order valence-electron chi connectivity index (χ4n) is 4.02. The number of sulfonamides is 2. The number of carbonyl (C=O) groups excluding carboxylic acids is 1. The summed E-state index contributed by atoms with van der Waals surface area (Å²) in [5.74, 6) is -0.146. The molecule has 16 heteroatoms. The second kappa shape index (κ2) is 11.9. The minimum Gasteiger partial charge on any atom is -0.497 e. The molecule has 0 saturated carbocycles. The number of halogens is 1. The average Bonchev–Trinajstić information content (AvgIpc) is 3.45. The van der Waals surface area contributed by atoms with E-state index in [9.17, 15) is 21.6 Å². The Morgan fingerprint density at radius 1 is 1.00 bits per heavy atom. The Morgan fingerprint density at radius 2 is 1.71 bits per heavy atom. The van der Waals surface area contributed by atoms with Crippen LogP contribution in [-0.2, 0) is 20.0 Å². The van der Waals surface area contributed by atoms with Crippen molar-refractivity contribution in [2.45, 2.75) is 30.6 Å². The summed E-state index contributed by atoms with van der Waals surface area (Å²) in [6.07, 6.45) is 0. The molecular formula is C26H27ClN4O8S3. The Morgan fingerprint density at radius 3 is 2.31 bits per heavy atom. The zero-order valence-electron chi connectivity index (χ0n) is 23.3. The van der Waals surface area contributed by atoms with Gasteiger partial charge in [-0.2, -0.15) is 0 Å². The lowest BCUT2D eigenvalue weighted by atomic mass is 10.0. The normalized spacial score (nSPS) is 11.8. The number of aromatic nitrogens is 1. The van der Waals surface area contributed by atoms with Crippen molar-refractivity contribution < 1.29 is 35.6 Å². The van der Waals surface area contributed by atoms with Crippen LogP contribution >= 0.6 is 22.9 Å². The first-order chi connectivity index (χ1) is 19.7. The number of hydrogen-bond acceptors (Lipinski definition) is 10. The summed E-state index contributed by atoms with van der Waals surface area (Å²) in [6, 6.07) is 9.46. The molecule has 4 aromatic rings. The van der Waals surface area contributed by atoms with Crippen LogP contribution in [0, 0.1) is 20.8 Å². The molecule has 1 amide bonds. The molecule has 2 aromatic heterocycles. The third-order valence-corrected chi connectivity index (χ3v) is 11.1. The number of carbonyl (C=O) groups is 1. The molecule has 0 fully saturated rings. The summed E-state index contributed by atoms with van der Waals surface area (Å²) in [5.41, 5.74) is 1.60.